The van der Waals surface area contributed by atoms with Crippen LogP contribution in [0.25, 0.3) is 11.0 Å². The van der Waals surface area contributed by atoms with Gasteiger partial charge in [0.2, 0.25) is 0 Å². The molecule has 0 fully saturated rings. The van der Waals surface area contributed by atoms with Crippen LogP contribution in [0, 0.1) is 0 Å². The summed E-state index contributed by atoms with van der Waals surface area (Å²) in [6.45, 7) is 0.610. The fraction of sp³-hybridized carbons (Fsp3) is 0.143. The van der Waals surface area contributed by atoms with Crippen molar-refractivity contribution in [3.05, 3.63) is 48.4 Å². The summed E-state index contributed by atoms with van der Waals surface area (Å²) in [5.41, 5.74) is 2.87. The number of carboxylic acid groups (broad SMARTS) is 1. The lowest BCUT2D eigenvalue weighted by atomic mass is 10.3. The highest BCUT2D eigenvalue weighted by molar-refractivity contribution is 7.99. The number of para-hydroxylation sites is 2. The molecule has 2 aromatic heterocycles. The number of aliphatic carboxylic acids is 1. The summed E-state index contributed by atoms with van der Waals surface area (Å²) < 4.78 is 7.09. The third kappa shape index (κ3) is 2.55. The van der Waals surface area contributed by atoms with Crippen molar-refractivity contribution < 1.29 is 14.3 Å². The van der Waals surface area contributed by atoms with E-state index in [4.69, 9.17) is 9.52 Å². The van der Waals surface area contributed by atoms with Crippen molar-refractivity contribution in [1.82, 2.24) is 9.55 Å². The minimum absolute atomic E-state index is 0.00525. The summed E-state index contributed by atoms with van der Waals surface area (Å²) in [6, 6.07) is 9.66. The first-order valence-corrected chi connectivity index (χ1v) is 7.03. The maximum absolute atomic E-state index is 10.7. The van der Waals surface area contributed by atoms with Crippen LogP contribution in [-0.4, -0.2) is 26.4 Å². The van der Waals surface area contributed by atoms with Crippen LogP contribution in [0.2, 0.25) is 0 Å². The Morgan fingerprint density at radius 1 is 1.35 bits per heavy atom. The van der Waals surface area contributed by atoms with Gasteiger partial charge >= 0.3 is 5.97 Å². The van der Waals surface area contributed by atoms with Crippen LogP contribution in [-0.2, 0) is 11.3 Å². The summed E-state index contributed by atoms with van der Waals surface area (Å²) in [5.74, 6) is -0.855. The normalized spacial score (nSPS) is 11.0. The van der Waals surface area contributed by atoms with Crippen LogP contribution >= 0.6 is 11.8 Å². The summed E-state index contributed by atoms with van der Waals surface area (Å²) in [6.07, 6.45) is 3.30. The van der Waals surface area contributed by atoms with Gasteiger partial charge in [-0.2, -0.15) is 0 Å². The van der Waals surface area contributed by atoms with Gasteiger partial charge in [0.05, 0.1) is 35.9 Å². The molecule has 0 spiro atoms. The topological polar surface area (TPSA) is 68.3 Å². The Morgan fingerprint density at radius 2 is 2.20 bits per heavy atom. The molecule has 0 amide bonds. The second-order valence-corrected chi connectivity index (χ2v) is 5.23. The quantitative estimate of drug-likeness (QED) is 0.731. The molecular formula is C14H12N2O3S. The highest BCUT2D eigenvalue weighted by Gasteiger charge is 2.13. The Hall–Kier alpha value is -2.21. The number of benzene rings is 1. The number of carbonyl (C=O) groups is 1. The molecule has 1 N–H and O–H groups in total. The van der Waals surface area contributed by atoms with Crippen molar-refractivity contribution in [3.8, 4) is 0 Å². The molecule has 0 bridgehead atoms. The third-order valence-corrected chi connectivity index (χ3v) is 3.83. The van der Waals surface area contributed by atoms with Gasteiger partial charge in [0.1, 0.15) is 0 Å². The van der Waals surface area contributed by atoms with E-state index < -0.39 is 5.97 Å². The fourth-order valence-corrected chi connectivity index (χ4v) is 2.74. The summed E-state index contributed by atoms with van der Waals surface area (Å²) in [5, 5.41) is 9.53. The van der Waals surface area contributed by atoms with Crippen molar-refractivity contribution in [3.63, 3.8) is 0 Å². The predicted octanol–water partition coefficient (Wildman–Crippen LogP) is 2.85. The number of thioether (sulfide) groups is 1. The molecule has 3 aromatic rings. The lowest BCUT2D eigenvalue weighted by Crippen LogP contribution is -2.04. The number of aromatic nitrogens is 2. The first-order valence-electron chi connectivity index (χ1n) is 6.05. The van der Waals surface area contributed by atoms with Crippen molar-refractivity contribution in [2.45, 2.75) is 11.7 Å². The molecule has 0 unspecified atom stereocenters. The van der Waals surface area contributed by atoms with E-state index in [0.717, 1.165) is 16.6 Å². The molecule has 20 heavy (non-hydrogen) atoms. The second-order valence-electron chi connectivity index (χ2n) is 4.28. The number of hydrogen-bond donors (Lipinski definition) is 1. The average molecular weight is 288 g/mol. The Balaban J connectivity index is 2.01. The maximum atomic E-state index is 10.7. The van der Waals surface area contributed by atoms with Crippen molar-refractivity contribution in [1.29, 1.82) is 0 Å². The molecular weight excluding hydrogens is 276 g/mol. The monoisotopic (exact) mass is 288 g/mol. The first-order chi connectivity index (χ1) is 9.74. The van der Waals surface area contributed by atoms with Crippen molar-refractivity contribution in [2.24, 2.45) is 0 Å². The number of nitrogens with zero attached hydrogens (tertiary/aromatic N) is 2. The van der Waals surface area contributed by atoms with Gasteiger partial charge in [-0.25, -0.2) is 4.98 Å². The zero-order valence-corrected chi connectivity index (χ0v) is 11.3. The molecule has 0 atom stereocenters. The first kappa shape index (κ1) is 12.8. The van der Waals surface area contributed by atoms with E-state index in [1.807, 2.05) is 34.9 Å². The number of rotatable bonds is 5. The molecule has 3 rings (SSSR count). The minimum atomic E-state index is -0.850. The summed E-state index contributed by atoms with van der Waals surface area (Å²) in [4.78, 5) is 15.2. The molecule has 6 heteroatoms. The second kappa shape index (κ2) is 5.42. The molecule has 0 aliphatic rings. The lowest BCUT2D eigenvalue weighted by Gasteiger charge is -2.06. The van der Waals surface area contributed by atoms with E-state index >= 15 is 0 Å². The van der Waals surface area contributed by atoms with Crippen LogP contribution in [0.3, 0.4) is 0 Å². The van der Waals surface area contributed by atoms with Gasteiger partial charge in [-0.15, -0.1) is 0 Å². The molecule has 5 nitrogen and oxygen atoms in total. The van der Waals surface area contributed by atoms with Gasteiger partial charge in [-0.05, 0) is 18.2 Å². The number of furan rings is 1. The van der Waals surface area contributed by atoms with Crippen LogP contribution in [0.15, 0.2) is 52.4 Å². The zero-order valence-electron chi connectivity index (χ0n) is 10.5. The molecule has 0 aliphatic heterocycles. The fourth-order valence-electron chi connectivity index (χ4n) is 2.01. The summed E-state index contributed by atoms with van der Waals surface area (Å²) in [7, 11) is 0. The average Bonchev–Trinajstić information content (AvgIpc) is 3.05. The zero-order chi connectivity index (χ0) is 13.9. The Bertz CT molecular complexity index is 734. The minimum Gasteiger partial charge on any atom is -0.481 e. The van der Waals surface area contributed by atoms with Gasteiger partial charge in [-0.3, -0.25) is 4.79 Å². The molecule has 102 valence electrons. The Kier molecular flexibility index (Phi) is 3.47. The number of hydrogen-bond acceptors (Lipinski definition) is 4. The van der Waals surface area contributed by atoms with E-state index in [1.165, 1.54) is 11.8 Å². The van der Waals surface area contributed by atoms with Gasteiger partial charge < -0.3 is 14.1 Å². The standard InChI is InChI=1S/C14H12N2O3S/c17-13(18)9-20-14-15-11-3-1-2-4-12(11)16(14)7-10-5-6-19-8-10/h1-6,8H,7,9H2,(H,17,18). The maximum Gasteiger partial charge on any atom is 0.313 e. The van der Waals surface area contributed by atoms with Crippen LogP contribution in [0.4, 0.5) is 0 Å². The molecule has 2 heterocycles. The Labute approximate surface area is 119 Å². The Morgan fingerprint density at radius 3 is 2.95 bits per heavy atom. The highest BCUT2D eigenvalue weighted by Crippen LogP contribution is 2.25. The predicted molar refractivity (Wildman–Crippen MR) is 75.9 cm³/mol. The van der Waals surface area contributed by atoms with Crippen LogP contribution in [0.1, 0.15) is 5.56 Å². The largest absolute Gasteiger partial charge is 0.481 e. The highest BCUT2D eigenvalue weighted by atomic mass is 32.2. The van der Waals surface area contributed by atoms with Gasteiger partial charge in [0.25, 0.3) is 0 Å². The van der Waals surface area contributed by atoms with Crippen molar-refractivity contribution in [2.75, 3.05) is 5.75 Å². The number of fused-ring (bicyclic) bond motifs is 1. The molecule has 0 saturated heterocycles. The van der Waals surface area contributed by atoms with E-state index in [-0.39, 0.29) is 5.75 Å². The van der Waals surface area contributed by atoms with Crippen LogP contribution < -0.4 is 0 Å². The lowest BCUT2D eigenvalue weighted by molar-refractivity contribution is -0.133. The van der Waals surface area contributed by atoms with Gasteiger partial charge in [-0.1, -0.05) is 23.9 Å². The van der Waals surface area contributed by atoms with Gasteiger partial charge in [0.15, 0.2) is 5.16 Å². The van der Waals surface area contributed by atoms with E-state index in [9.17, 15) is 4.79 Å². The van der Waals surface area contributed by atoms with Gasteiger partial charge in [0, 0.05) is 5.56 Å². The third-order valence-electron chi connectivity index (χ3n) is 2.87. The number of imidazole rings is 1. The van der Waals surface area contributed by atoms with E-state index in [0.29, 0.717) is 11.7 Å². The molecule has 0 aliphatic carbocycles. The smallest absolute Gasteiger partial charge is 0.313 e. The van der Waals surface area contributed by atoms with Crippen molar-refractivity contribution >= 4 is 28.8 Å². The molecule has 1 aromatic carbocycles. The van der Waals surface area contributed by atoms with E-state index in [2.05, 4.69) is 4.98 Å². The van der Waals surface area contributed by atoms with Crippen LogP contribution in [0.5, 0.6) is 0 Å². The summed E-state index contributed by atoms with van der Waals surface area (Å²) >= 11 is 1.22. The SMILES string of the molecule is O=C(O)CSc1nc2ccccc2n1Cc1ccoc1. The number of carboxylic acids is 1. The molecule has 0 saturated carbocycles. The van der Waals surface area contributed by atoms with E-state index in [1.54, 1.807) is 12.5 Å². The molecule has 0 radical (unpaired) electrons.